The number of furan rings is 1. The van der Waals surface area contributed by atoms with Crippen LogP contribution in [0.15, 0.2) is 46.9 Å². The fourth-order valence-electron chi connectivity index (χ4n) is 2.94. The maximum atomic E-state index is 12.0. The molecule has 0 bridgehead atoms. The summed E-state index contributed by atoms with van der Waals surface area (Å²) in [5.74, 6) is 0.629. The van der Waals surface area contributed by atoms with Crippen molar-refractivity contribution in [2.24, 2.45) is 0 Å². The molecule has 0 saturated heterocycles. The molecule has 132 valence electrons. The van der Waals surface area contributed by atoms with Gasteiger partial charge in [-0.2, -0.15) is 5.26 Å². The normalized spacial score (nSPS) is 10.6. The summed E-state index contributed by atoms with van der Waals surface area (Å²) in [7, 11) is 0. The number of esters is 1. The van der Waals surface area contributed by atoms with Gasteiger partial charge in [0.15, 0.2) is 0 Å². The van der Waals surface area contributed by atoms with E-state index in [4.69, 9.17) is 14.4 Å². The number of ether oxygens (including phenoxy) is 1. The fourth-order valence-corrected chi connectivity index (χ4v) is 2.94. The van der Waals surface area contributed by atoms with Crippen molar-refractivity contribution in [1.29, 1.82) is 5.26 Å². The van der Waals surface area contributed by atoms with Crippen LogP contribution >= 0.6 is 0 Å². The molecule has 5 heteroatoms. The van der Waals surface area contributed by atoms with E-state index >= 15 is 0 Å². The Kier molecular flexibility index (Phi) is 5.23. The smallest absolute Gasteiger partial charge is 0.310 e. The lowest BCUT2D eigenvalue weighted by Crippen LogP contribution is -2.08. The Morgan fingerprint density at radius 1 is 1.19 bits per heavy atom. The van der Waals surface area contributed by atoms with E-state index < -0.39 is 0 Å². The number of hydrogen-bond donors (Lipinski definition) is 1. The Balaban J connectivity index is 1.92. The maximum Gasteiger partial charge on any atom is 0.310 e. The number of fused-ring (bicyclic) bond motifs is 1. The summed E-state index contributed by atoms with van der Waals surface area (Å²) < 4.78 is 11.0. The minimum atomic E-state index is -0.316. The highest BCUT2D eigenvalue weighted by Crippen LogP contribution is 2.29. The molecule has 1 heterocycles. The predicted octanol–water partition coefficient (Wildman–Crippen LogP) is 3.90. The maximum absolute atomic E-state index is 12.0. The van der Waals surface area contributed by atoms with Crippen molar-refractivity contribution in [3.8, 4) is 11.8 Å². The number of aromatic hydroxyl groups is 1. The van der Waals surface area contributed by atoms with Crippen LogP contribution < -0.4 is 0 Å². The minimum absolute atomic E-state index is 0.112. The van der Waals surface area contributed by atoms with Crippen molar-refractivity contribution in [3.05, 3.63) is 64.9 Å². The monoisotopic (exact) mass is 349 g/mol. The number of carbonyl (C=O) groups excluding carboxylic acids is 1. The molecule has 2 aromatic carbocycles. The van der Waals surface area contributed by atoms with Crippen LogP contribution in [0.3, 0.4) is 0 Å². The zero-order chi connectivity index (χ0) is 18.5. The molecule has 0 radical (unpaired) electrons. The number of hydrogen-bond acceptors (Lipinski definition) is 5. The van der Waals surface area contributed by atoms with Crippen LogP contribution in [-0.2, 0) is 28.8 Å². The average Bonchev–Trinajstić information content (AvgIpc) is 2.98. The first-order valence-corrected chi connectivity index (χ1v) is 8.48. The minimum Gasteiger partial charge on any atom is -0.508 e. The quantitative estimate of drug-likeness (QED) is 0.682. The van der Waals surface area contributed by atoms with Gasteiger partial charge in [0.25, 0.3) is 0 Å². The number of nitrogens with zero attached hydrogens (tertiary/aromatic N) is 1. The van der Waals surface area contributed by atoms with Crippen LogP contribution in [0.1, 0.15) is 29.4 Å². The van der Waals surface area contributed by atoms with Crippen molar-refractivity contribution >= 4 is 16.9 Å². The van der Waals surface area contributed by atoms with Crippen LogP contribution in [-0.4, -0.2) is 17.7 Å². The Bertz CT molecular complexity index is 964. The Labute approximate surface area is 151 Å². The van der Waals surface area contributed by atoms with Gasteiger partial charge in [-0.15, -0.1) is 0 Å². The summed E-state index contributed by atoms with van der Waals surface area (Å²) in [6, 6.07) is 14.3. The predicted molar refractivity (Wildman–Crippen MR) is 96.8 cm³/mol. The van der Waals surface area contributed by atoms with Gasteiger partial charge in [0.05, 0.1) is 24.7 Å². The molecule has 0 fully saturated rings. The van der Waals surface area contributed by atoms with Crippen LogP contribution in [0.25, 0.3) is 11.0 Å². The highest BCUT2D eigenvalue weighted by molar-refractivity contribution is 5.88. The van der Waals surface area contributed by atoms with Gasteiger partial charge in [-0.05, 0) is 49.2 Å². The van der Waals surface area contributed by atoms with E-state index in [2.05, 4.69) is 6.07 Å². The first-order chi connectivity index (χ1) is 12.6. The van der Waals surface area contributed by atoms with Gasteiger partial charge in [-0.1, -0.05) is 12.1 Å². The molecule has 0 aliphatic carbocycles. The summed E-state index contributed by atoms with van der Waals surface area (Å²) in [6.45, 7) is 2.09. The fraction of sp³-hybridized carbons (Fsp3) is 0.238. The lowest BCUT2D eigenvalue weighted by Gasteiger charge is -2.05. The van der Waals surface area contributed by atoms with Gasteiger partial charge in [0.2, 0.25) is 0 Å². The molecule has 26 heavy (non-hydrogen) atoms. The summed E-state index contributed by atoms with van der Waals surface area (Å²) in [4.78, 5) is 12.0. The summed E-state index contributed by atoms with van der Waals surface area (Å²) >= 11 is 0. The van der Waals surface area contributed by atoms with Crippen LogP contribution in [0, 0.1) is 11.3 Å². The first-order valence-electron chi connectivity index (χ1n) is 8.48. The second-order valence-corrected chi connectivity index (χ2v) is 5.97. The largest absolute Gasteiger partial charge is 0.508 e. The highest BCUT2D eigenvalue weighted by Gasteiger charge is 2.18. The van der Waals surface area contributed by atoms with Crippen molar-refractivity contribution < 1.29 is 19.1 Å². The van der Waals surface area contributed by atoms with Gasteiger partial charge in [0.1, 0.15) is 17.1 Å². The molecule has 0 atom stereocenters. The van der Waals surface area contributed by atoms with E-state index in [0.29, 0.717) is 30.6 Å². The summed E-state index contributed by atoms with van der Waals surface area (Å²) in [5, 5.41) is 19.3. The number of benzene rings is 2. The Morgan fingerprint density at radius 2 is 1.96 bits per heavy atom. The Hall–Kier alpha value is -3.26. The van der Waals surface area contributed by atoms with Crippen molar-refractivity contribution in [1.82, 2.24) is 0 Å². The van der Waals surface area contributed by atoms with E-state index in [1.807, 2.05) is 12.1 Å². The number of nitriles is 1. The molecule has 0 amide bonds. The molecule has 3 aromatic rings. The number of carbonyl (C=O) groups is 1. The Morgan fingerprint density at radius 3 is 2.65 bits per heavy atom. The van der Waals surface area contributed by atoms with Crippen LogP contribution in [0.4, 0.5) is 0 Å². The van der Waals surface area contributed by atoms with Gasteiger partial charge in [-0.3, -0.25) is 4.79 Å². The average molecular weight is 349 g/mol. The second kappa shape index (κ2) is 7.75. The molecule has 1 aromatic heterocycles. The van der Waals surface area contributed by atoms with Crippen LogP contribution in [0.5, 0.6) is 5.75 Å². The zero-order valence-corrected chi connectivity index (χ0v) is 14.5. The molecular weight excluding hydrogens is 330 g/mol. The molecule has 0 aliphatic heterocycles. The number of aryl methyl sites for hydroxylation is 2. The van der Waals surface area contributed by atoms with Crippen molar-refractivity contribution in [2.75, 3.05) is 6.61 Å². The van der Waals surface area contributed by atoms with Gasteiger partial charge >= 0.3 is 5.97 Å². The van der Waals surface area contributed by atoms with Crippen molar-refractivity contribution in [2.45, 2.75) is 26.2 Å². The molecule has 0 spiro atoms. The zero-order valence-electron chi connectivity index (χ0n) is 14.5. The second-order valence-electron chi connectivity index (χ2n) is 5.97. The van der Waals surface area contributed by atoms with Gasteiger partial charge in [-0.25, -0.2) is 0 Å². The van der Waals surface area contributed by atoms with Crippen LogP contribution in [0.2, 0.25) is 0 Å². The topological polar surface area (TPSA) is 83.5 Å². The first kappa shape index (κ1) is 17.6. The van der Waals surface area contributed by atoms with Crippen molar-refractivity contribution in [3.63, 3.8) is 0 Å². The molecule has 3 rings (SSSR count). The van der Waals surface area contributed by atoms with E-state index in [-0.39, 0.29) is 18.1 Å². The third kappa shape index (κ3) is 3.86. The molecule has 0 aliphatic rings. The standard InChI is InChI=1S/C21H19NO4/c1-2-25-21(24)12-18-17-11-15(13-22)6-10-19(17)26-20(18)9-5-14-3-7-16(23)8-4-14/h3-4,6-8,10-11,23H,2,5,9,12H2,1H3. The number of phenolic OH excluding ortho intramolecular Hbond substituents is 1. The highest BCUT2D eigenvalue weighted by atomic mass is 16.5. The van der Waals surface area contributed by atoms with E-state index in [0.717, 1.165) is 22.3 Å². The van der Waals surface area contributed by atoms with Gasteiger partial charge in [0, 0.05) is 17.4 Å². The molecule has 0 unspecified atom stereocenters. The van der Waals surface area contributed by atoms with Gasteiger partial charge < -0.3 is 14.3 Å². The number of phenols is 1. The third-order valence-electron chi connectivity index (χ3n) is 4.21. The molecule has 5 nitrogen and oxygen atoms in total. The lowest BCUT2D eigenvalue weighted by atomic mass is 10.0. The third-order valence-corrected chi connectivity index (χ3v) is 4.21. The van der Waals surface area contributed by atoms with E-state index in [1.54, 1.807) is 37.3 Å². The number of rotatable bonds is 6. The SMILES string of the molecule is CCOC(=O)Cc1c(CCc2ccc(O)cc2)oc2ccc(C#N)cc12. The van der Waals surface area contributed by atoms with E-state index in [9.17, 15) is 9.90 Å². The molecular formula is C21H19NO4. The lowest BCUT2D eigenvalue weighted by molar-refractivity contribution is -0.142. The molecule has 0 saturated carbocycles. The van der Waals surface area contributed by atoms with E-state index in [1.165, 1.54) is 0 Å². The summed E-state index contributed by atoms with van der Waals surface area (Å²) in [6.07, 6.45) is 1.43. The molecule has 1 N–H and O–H groups in total. The summed E-state index contributed by atoms with van der Waals surface area (Å²) in [5.41, 5.74) is 3.01.